The lowest BCUT2D eigenvalue weighted by atomic mass is 9.80. The lowest BCUT2D eigenvalue weighted by Crippen LogP contribution is -2.29. The normalized spacial score (nSPS) is 25.9. The molecule has 19 heavy (non-hydrogen) atoms. The second-order valence-electron chi connectivity index (χ2n) is 6.19. The van der Waals surface area contributed by atoms with Crippen LogP contribution < -0.4 is 10.1 Å². The third-order valence-corrected chi connectivity index (χ3v) is 4.78. The molecule has 0 bridgehead atoms. The summed E-state index contributed by atoms with van der Waals surface area (Å²) in [5.41, 5.74) is 2.78. The molecule has 1 aliphatic heterocycles. The van der Waals surface area contributed by atoms with Crippen LogP contribution in [0.5, 0.6) is 5.75 Å². The summed E-state index contributed by atoms with van der Waals surface area (Å²) in [5.74, 6) is 2.87. The molecule has 1 N–H and O–H groups in total. The van der Waals surface area contributed by atoms with Crippen LogP contribution in [-0.2, 0) is 13.0 Å². The fourth-order valence-corrected chi connectivity index (χ4v) is 3.45. The number of fused-ring (bicyclic) bond motifs is 1. The van der Waals surface area contributed by atoms with Crippen LogP contribution >= 0.6 is 0 Å². The Balaban J connectivity index is 1.49. The summed E-state index contributed by atoms with van der Waals surface area (Å²) < 4.78 is 5.55. The molecule has 0 radical (unpaired) electrons. The van der Waals surface area contributed by atoms with Crippen molar-refractivity contribution in [3.8, 4) is 5.75 Å². The highest BCUT2D eigenvalue weighted by atomic mass is 16.5. The molecular formula is C17H25NO. The Morgan fingerprint density at radius 2 is 2.16 bits per heavy atom. The summed E-state index contributed by atoms with van der Waals surface area (Å²) in [5, 5.41) is 3.65. The van der Waals surface area contributed by atoms with E-state index in [0.29, 0.717) is 0 Å². The van der Waals surface area contributed by atoms with E-state index in [0.717, 1.165) is 37.2 Å². The van der Waals surface area contributed by atoms with E-state index in [1.807, 2.05) is 0 Å². The topological polar surface area (TPSA) is 21.3 Å². The van der Waals surface area contributed by atoms with Gasteiger partial charge in [-0.15, -0.1) is 0 Å². The molecule has 0 saturated heterocycles. The number of benzene rings is 1. The number of hydrogen-bond donors (Lipinski definition) is 1. The van der Waals surface area contributed by atoms with Crippen molar-refractivity contribution < 1.29 is 4.74 Å². The highest BCUT2D eigenvalue weighted by Gasteiger charge is 2.20. The van der Waals surface area contributed by atoms with Crippen LogP contribution in [0.4, 0.5) is 0 Å². The van der Waals surface area contributed by atoms with Gasteiger partial charge < -0.3 is 10.1 Å². The Labute approximate surface area is 116 Å². The van der Waals surface area contributed by atoms with E-state index in [9.17, 15) is 0 Å². The number of rotatable bonds is 4. The summed E-state index contributed by atoms with van der Waals surface area (Å²) in [6, 6.07) is 6.63. The standard InChI is InChI=1S/C17H25NO/c1-13-4-2-3-5-16(13)12-18-11-14-6-7-17-15(10-14)8-9-19-17/h6-7,10,13,16,18H,2-5,8-9,11-12H2,1H3. The Morgan fingerprint density at radius 3 is 3.05 bits per heavy atom. The number of hydrogen-bond acceptors (Lipinski definition) is 2. The molecule has 0 aromatic heterocycles. The van der Waals surface area contributed by atoms with E-state index in [2.05, 4.69) is 30.4 Å². The minimum atomic E-state index is 0.853. The molecule has 1 aromatic carbocycles. The van der Waals surface area contributed by atoms with Gasteiger partial charge in [0.1, 0.15) is 5.75 Å². The van der Waals surface area contributed by atoms with Crippen LogP contribution in [0.2, 0.25) is 0 Å². The van der Waals surface area contributed by atoms with Crippen LogP contribution in [-0.4, -0.2) is 13.2 Å². The molecule has 2 nitrogen and oxygen atoms in total. The minimum absolute atomic E-state index is 0.853. The Morgan fingerprint density at radius 1 is 1.26 bits per heavy atom. The fourth-order valence-electron chi connectivity index (χ4n) is 3.45. The van der Waals surface area contributed by atoms with Crippen LogP contribution in [0.1, 0.15) is 43.7 Å². The van der Waals surface area contributed by atoms with E-state index < -0.39 is 0 Å². The van der Waals surface area contributed by atoms with Gasteiger partial charge in [0.05, 0.1) is 6.61 Å². The molecule has 2 heteroatoms. The van der Waals surface area contributed by atoms with Gasteiger partial charge in [0.25, 0.3) is 0 Å². The maximum Gasteiger partial charge on any atom is 0.122 e. The van der Waals surface area contributed by atoms with E-state index in [4.69, 9.17) is 4.74 Å². The maximum atomic E-state index is 5.55. The van der Waals surface area contributed by atoms with Crippen molar-refractivity contribution in [1.29, 1.82) is 0 Å². The fraction of sp³-hybridized carbons (Fsp3) is 0.647. The van der Waals surface area contributed by atoms with Crippen molar-refractivity contribution in [2.24, 2.45) is 11.8 Å². The van der Waals surface area contributed by atoms with Gasteiger partial charge in [0, 0.05) is 13.0 Å². The molecule has 104 valence electrons. The van der Waals surface area contributed by atoms with Crippen LogP contribution in [0, 0.1) is 11.8 Å². The van der Waals surface area contributed by atoms with Gasteiger partial charge in [0.15, 0.2) is 0 Å². The van der Waals surface area contributed by atoms with Gasteiger partial charge in [-0.3, -0.25) is 0 Å². The predicted octanol–water partition coefficient (Wildman–Crippen LogP) is 3.54. The molecule has 0 spiro atoms. The molecule has 2 aliphatic rings. The summed E-state index contributed by atoms with van der Waals surface area (Å²) in [6.07, 6.45) is 6.76. The Hall–Kier alpha value is -1.02. The lowest BCUT2D eigenvalue weighted by molar-refractivity contribution is 0.247. The average molecular weight is 259 g/mol. The SMILES string of the molecule is CC1CCCCC1CNCc1ccc2c(c1)CCO2. The van der Waals surface area contributed by atoms with Crippen molar-refractivity contribution in [2.75, 3.05) is 13.2 Å². The van der Waals surface area contributed by atoms with Gasteiger partial charge in [0.2, 0.25) is 0 Å². The molecule has 1 fully saturated rings. The quantitative estimate of drug-likeness (QED) is 0.893. The average Bonchev–Trinajstić information content (AvgIpc) is 2.88. The van der Waals surface area contributed by atoms with E-state index >= 15 is 0 Å². The lowest BCUT2D eigenvalue weighted by Gasteiger charge is -2.28. The zero-order valence-electron chi connectivity index (χ0n) is 12.0. The van der Waals surface area contributed by atoms with Crippen LogP contribution in [0.3, 0.4) is 0 Å². The van der Waals surface area contributed by atoms with Gasteiger partial charge in [-0.2, -0.15) is 0 Å². The van der Waals surface area contributed by atoms with Gasteiger partial charge in [-0.25, -0.2) is 0 Å². The molecule has 2 unspecified atom stereocenters. The van der Waals surface area contributed by atoms with Gasteiger partial charge in [-0.05, 0) is 42.0 Å². The first-order valence-electron chi connectivity index (χ1n) is 7.78. The van der Waals surface area contributed by atoms with E-state index in [-0.39, 0.29) is 0 Å². The maximum absolute atomic E-state index is 5.55. The van der Waals surface area contributed by atoms with E-state index in [1.54, 1.807) is 0 Å². The van der Waals surface area contributed by atoms with Crippen molar-refractivity contribution in [3.05, 3.63) is 29.3 Å². The third kappa shape index (κ3) is 3.11. The molecule has 1 saturated carbocycles. The highest BCUT2D eigenvalue weighted by Crippen LogP contribution is 2.29. The van der Waals surface area contributed by atoms with Crippen LogP contribution in [0.15, 0.2) is 18.2 Å². The van der Waals surface area contributed by atoms with Gasteiger partial charge >= 0.3 is 0 Å². The molecule has 1 aromatic rings. The van der Waals surface area contributed by atoms with E-state index in [1.165, 1.54) is 43.4 Å². The molecule has 2 atom stereocenters. The summed E-state index contributed by atoms with van der Waals surface area (Å²) in [7, 11) is 0. The summed E-state index contributed by atoms with van der Waals surface area (Å²) in [4.78, 5) is 0. The second kappa shape index (κ2) is 5.96. The molecule has 1 aliphatic carbocycles. The first-order chi connectivity index (χ1) is 9.33. The minimum Gasteiger partial charge on any atom is -0.493 e. The number of nitrogens with one attached hydrogen (secondary N) is 1. The monoisotopic (exact) mass is 259 g/mol. The summed E-state index contributed by atoms with van der Waals surface area (Å²) >= 11 is 0. The van der Waals surface area contributed by atoms with Crippen LogP contribution in [0.25, 0.3) is 0 Å². The van der Waals surface area contributed by atoms with Crippen molar-refractivity contribution in [3.63, 3.8) is 0 Å². The zero-order chi connectivity index (χ0) is 13.1. The highest BCUT2D eigenvalue weighted by molar-refractivity contribution is 5.39. The second-order valence-corrected chi connectivity index (χ2v) is 6.19. The smallest absolute Gasteiger partial charge is 0.122 e. The molecule has 0 amide bonds. The Kier molecular flexibility index (Phi) is 4.07. The summed E-state index contributed by atoms with van der Waals surface area (Å²) in [6.45, 7) is 5.44. The molecule has 3 rings (SSSR count). The van der Waals surface area contributed by atoms with Crippen molar-refractivity contribution >= 4 is 0 Å². The third-order valence-electron chi connectivity index (χ3n) is 4.78. The van der Waals surface area contributed by atoms with Crippen molar-refractivity contribution in [1.82, 2.24) is 5.32 Å². The number of ether oxygens (including phenoxy) is 1. The predicted molar refractivity (Wildman–Crippen MR) is 78.5 cm³/mol. The molecule has 1 heterocycles. The zero-order valence-corrected chi connectivity index (χ0v) is 12.0. The first kappa shape index (κ1) is 13.0. The largest absolute Gasteiger partial charge is 0.493 e. The molecular weight excluding hydrogens is 234 g/mol. The van der Waals surface area contributed by atoms with Gasteiger partial charge in [-0.1, -0.05) is 38.3 Å². The Bertz CT molecular complexity index is 429. The first-order valence-corrected chi connectivity index (χ1v) is 7.78. The van der Waals surface area contributed by atoms with Crippen molar-refractivity contribution in [2.45, 2.75) is 45.6 Å².